The Balaban J connectivity index is 1.82. The van der Waals surface area contributed by atoms with Gasteiger partial charge in [0.15, 0.2) is 4.34 Å². The molecule has 1 aliphatic rings. The number of thioether (sulfide) groups is 1. The Morgan fingerprint density at radius 2 is 2.23 bits per heavy atom. The number of hydrogen-bond acceptors (Lipinski definition) is 6. The molecule has 0 unspecified atom stereocenters. The Bertz CT molecular complexity index is 486. The van der Waals surface area contributed by atoms with Crippen molar-refractivity contribution in [2.75, 3.05) is 24.2 Å². The van der Waals surface area contributed by atoms with E-state index in [1.165, 1.54) is 42.4 Å². The second-order valence-electron chi connectivity index (χ2n) is 5.30. The van der Waals surface area contributed by atoms with Crippen LogP contribution in [0.2, 0.25) is 0 Å². The second-order valence-corrected chi connectivity index (χ2v) is 7.50. The summed E-state index contributed by atoms with van der Waals surface area (Å²) in [5, 5.41) is 12.0. The topological polar surface area (TPSA) is 58.1 Å². The van der Waals surface area contributed by atoms with Crippen LogP contribution >= 0.6 is 23.1 Å². The zero-order valence-electron chi connectivity index (χ0n) is 13.1. The summed E-state index contributed by atoms with van der Waals surface area (Å²) in [4.78, 5) is 14.5. The molecule has 1 saturated carbocycles. The lowest BCUT2D eigenvalue weighted by atomic mass is 9.94. The van der Waals surface area contributed by atoms with Gasteiger partial charge in [0.2, 0.25) is 11.0 Å². The van der Waals surface area contributed by atoms with Crippen LogP contribution in [-0.4, -0.2) is 45.9 Å². The van der Waals surface area contributed by atoms with Crippen molar-refractivity contribution in [3.8, 4) is 0 Å². The third-order valence-corrected chi connectivity index (χ3v) is 5.80. The van der Waals surface area contributed by atoms with Gasteiger partial charge in [-0.1, -0.05) is 48.4 Å². The molecule has 0 saturated heterocycles. The molecule has 0 atom stereocenters. The molecule has 0 aromatic carbocycles. The highest BCUT2D eigenvalue weighted by molar-refractivity contribution is 8.01. The Kier molecular flexibility index (Phi) is 7.18. The van der Waals surface area contributed by atoms with E-state index in [-0.39, 0.29) is 5.91 Å². The minimum absolute atomic E-state index is 0.218. The zero-order chi connectivity index (χ0) is 15.8. The van der Waals surface area contributed by atoms with Crippen molar-refractivity contribution in [2.24, 2.45) is 0 Å². The van der Waals surface area contributed by atoms with Gasteiger partial charge < -0.3 is 10.2 Å². The summed E-state index contributed by atoms with van der Waals surface area (Å²) < 4.78 is 0.833. The van der Waals surface area contributed by atoms with E-state index in [1.807, 2.05) is 4.90 Å². The first-order chi connectivity index (χ1) is 10.7. The fraction of sp³-hybridized carbons (Fsp3) is 0.667. The molecule has 1 fully saturated rings. The molecule has 1 N–H and O–H groups in total. The summed E-state index contributed by atoms with van der Waals surface area (Å²) in [6, 6.07) is 0.436. The number of nitrogens with one attached hydrogen (secondary N) is 1. The number of aromatic nitrogens is 2. The minimum atomic E-state index is 0.218. The molecular formula is C15H24N4OS2. The molecule has 22 heavy (non-hydrogen) atoms. The van der Waals surface area contributed by atoms with E-state index in [0.717, 1.165) is 28.9 Å². The van der Waals surface area contributed by atoms with Gasteiger partial charge in [-0.25, -0.2) is 0 Å². The Morgan fingerprint density at radius 3 is 2.91 bits per heavy atom. The first kappa shape index (κ1) is 17.3. The van der Waals surface area contributed by atoms with Crippen LogP contribution in [0.3, 0.4) is 0 Å². The Morgan fingerprint density at radius 1 is 1.45 bits per heavy atom. The number of rotatable bonds is 8. The Hall–Kier alpha value is -1.08. The third-order valence-electron chi connectivity index (χ3n) is 3.80. The number of carbonyl (C=O) groups excluding carboxylic acids is 1. The quantitative estimate of drug-likeness (QED) is 0.580. The lowest BCUT2D eigenvalue weighted by molar-refractivity contribution is -0.131. The summed E-state index contributed by atoms with van der Waals surface area (Å²) in [6.45, 7) is 7.19. The van der Waals surface area contributed by atoms with Crippen LogP contribution in [0.15, 0.2) is 17.0 Å². The summed E-state index contributed by atoms with van der Waals surface area (Å²) in [5.41, 5.74) is 0. The van der Waals surface area contributed by atoms with E-state index >= 15 is 0 Å². The van der Waals surface area contributed by atoms with Crippen molar-refractivity contribution >= 4 is 34.1 Å². The van der Waals surface area contributed by atoms with Crippen molar-refractivity contribution in [3.63, 3.8) is 0 Å². The zero-order valence-corrected chi connectivity index (χ0v) is 14.7. The number of hydrogen-bond donors (Lipinski definition) is 1. The van der Waals surface area contributed by atoms with Crippen molar-refractivity contribution in [1.29, 1.82) is 0 Å². The van der Waals surface area contributed by atoms with E-state index in [4.69, 9.17) is 0 Å². The van der Waals surface area contributed by atoms with Gasteiger partial charge in [-0.05, 0) is 19.8 Å². The molecular weight excluding hydrogens is 316 g/mol. The van der Waals surface area contributed by atoms with Crippen LogP contribution in [0.4, 0.5) is 5.13 Å². The van der Waals surface area contributed by atoms with E-state index in [9.17, 15) is 4.79 Å². The number of amides is 1. The van der Waals surface area contributed by atoms with Gasteiger partial charge in [0.25, 0.3) is 0 Å². The monoisotopic (exact) mass is 340 g/mol. The normalized spacial score (nSPS) is 15.5. The van der Waals surface area contributed by atoms with Gasteiger partial charge in [-0.15, -0.1) is 16.8 Å². The van der Waals surface area contributed by atoms with E-state index in [2.05, 4.69) is 29.0 Å². The molecule has 5 nitrogen and oxygen atoms in total. The van der Waals surface area contributed by atoms with Gasteiger partial charge in [-0.3, -0.25) is 4.79 Å². The maximum Gasteiger partial charge on any atom is 0.233 e. The fourth-order valence-corrected chi connectivity index (χ4v) is 4.38. The average Bonchev–Trinajstić information content (AvgIpc) is 3.00. The third kappa shape index (κ3) is 4.98. The predicted octanol–water partition coefficient (Wildman–Crippen LogP) is 3.41. The highest BCUT2D eigenvalue weighted by Crippen LogP contribution is 2.27. The second kappa shape index (κ2) is 9.15. The summed E-state index contributed by atoms with van der Waals surface area (Å²) in [6.07, 6.45) is 7.88. The number of nitrogens with zero attached hydrogens (tertiary/aromatic N) is 3. The largest absolute Gasteiger partial charge is 0.357 e. The molecule has 122 valence electrons. The van der Waals surface area contributed by atoms with Gasteiger partial charge in [0, 0.05) is 19.1 Å². The average molecular weight is 341 g/mol. The van der Waals surface area contributed by atoms with Crippen LogP contribution < -0.4 is 5.32 Å². The Labute approximate surface area is 140 Å². The molecule has 1 amide bonds. The lowest BCUT2D eigenvalue weighted by Gasteiger charge is -2.33. The van der Waals surface area contributed by atoms with Crippen molar-refractivity contribution in [2.45, 2.75) is 49.4 Å². The molecule has 0 aliphatic heterocycles. The molecule has 0 bridgehead atoms. The van der Waals surface area contributed by atoms with Gasteiger partial charge >= 0.3 is 0 Å². The molecule has 2 rings (SSSR count). The molecule has 1 aromatic rings. The van der Waals surface area contributed by atoms with Gasteiger partial charge in [0.1, 0.15) is 0 Å². The van der Waals surface area contributed by atoms with Crippen LogP contribution in [0.25, 0.3) is 0 Å². The minimum Gasteiger partial charge on any atom is -0.357 e. The molecule has 0 radical (unpaired) electrons. The van der Waals surface area contributed by atoms with Crippen LogP contribution in [0.1, 0.15) is 39.0 Å². The standard InChI is InChI=1S/C15H24N4OS2/c1-3-10-16-14-17-18-15(22-14)21-11-13(20)19(4-2)12-8-6-5-7-9-12/h3,12H,1,4-11H2,2H3,(H,16,17). The first-order valence-corrected chi connectivity index (χ1v) is 9.65. The predicted molar refractivity (Wildman–Crippen MR) is 93.6 cm³/mol. The molecule has 1 aromatic heterocycles. The van der Waals surface area contributed by atoms with Gasteiger partial charge in [0.05, 0.1) is 5.75 Å². The summed E-state index contributed by atoms with van der Waals surface area (Å²) >= 11 is 2.96. The van der Waals surface area contributed by atoms with Crippen molar-refractivity contribution in [1.82, 2.24) is 15.1 Å². The van der Waals surface area contributed by atoms with Crippen LogP contribution in [-0.2, 0) is 4.79 Å². The van der Waals surface area contributed by atoms with Crippen molar-refractivity contribution in [3.05, 3.63) is 12.7 Å². The van der Waals surface area contributed by atoms with Crippen LogP contribution in [0, 0.1) is 0 Å². The molecule has 1 aliphatic carbocycles. The maximum absolute atomic E-state index is 12.5. The SMILES string of the molecule is C=CCNc1nnc(SCC(=O)N(CC)C2CCCCC2)s1. The highest BCUT2D eigenvalue weighted by Gasteiger charge is 2.24. The first-order valence-electron chi connectivity index (χ1n) is 7.85. The smallest absolute Gasteiger partial charge is 0.233 e. The lowest BCUT2D eigenvalue weighted by Crippen LogP contribution is -2.42. The van der Waals surface area contributed by atoms with Crippen molar-refractivity contribution < 1.29 is 4.79 Å². The highest BCUT2D eigenvalue weighted by atomic mass is 32.2. The molecule has 1 heterocycles. The van der Waals surface area contributed by atoms with E-state index in [1.54, 1.807) is 6.08 Å². The summed E-state index contributed by atoms with van der Waals surface area (Å²) in [5.74, 6) is 0.663. The number of carbonyl (C=O) groups is 1. The van der Waals surface area contributed by atoms with Gasteiger partial charge in [-0.2, -0.15) is 0 Å². The van der Waals surface area contributed by atoms with Crippen LogP contribution in [0.5, 0.6) is 0 Å². The fourth-order valence-electron chi connectivity index (χ4n) is 2.74. The van der Waals surface area contributed by atoms with E-state index < -0.39 is 0 Å². The summed E-state index contributed by atoms with van der Waals surface area (Å²) in [7, 11) is 0. The maximum atomic E-state index is 12.5. The molecule has 7 heteroatoms. The molecule has 0 spiro atoms. The number of anilines is 1. The van der Waals surface area contributed by atoms with E-state index in [0.29, 0.717) is 18.3 Å².